The molecule has 0 bridgehead atoms. The van der Waals surface area contributed by atoms with Crippen molar-refractivity contribution in [1.29, 1.82) is 0 Å². The molecule has 0 spiro atoms. The molecule has 0 aliphatic carbocycles. The molecule has 0 heterocycles. The van der Waals surface area contributed by atoms with Gasteiger partial charge in [0.2, 0.25) is 0 Å². The number of rotatable bonds is 3. The van der Waals surface area contributed by atoms with Crippen molar-refractivity contribution in [1.82, 2.24) is 9.62 Å². The summed E-state index contributed by atoms with van der Waals surface area (Å²) >= 11 is 3.43. The number of nitrogens with one attached hydrogen (secondary N) is 1. The van der Waals surface area contributed by atoms with E-state index in [0.717, 1.165) is 14.0 Å². The topological polar surface area (TPSA) is 49.4 Å². The van der Waals surface area contributed by atoms with Crippen molar-refractivity contribution in [2.24, 2.45) is 0 Å². The predicted octanol–water partition coefficient (Wildman–Crippen LogP) is 4.09. The summed E-state index contributed by atoms with van der Waals surface area (Å²) in [5, 5.41) is 2.39. The van der Waals surface area contributed by atoms with Crippen LogP contribution in [0.3, 0.4) is 0 Å². The Hall–Kier alpha value is -1.54. The van der Waals surface area contributed by atoms with E-state index in [9.17, 15) is 9.59 Å². The Kier molecular flexibility index (Phi) is 5.84. The van der Waals surface area contributed by atoms with E-state index in [4.69, 9.17) is 0 Å². The van der Waals surface area contributed by atoms with Gasteiger partial charge in [0.15, 0.2) is 0 Å². The minimum absolute atomic E-state index is 0.400. The van der Waals surface area contributed by atoms with Crippen LogP contribution < -0.4 is 5.32 Å². The highest BCUT2D eigenvalue weighted by Gasteiger charge is 2.15. The van der Waals surface area contributed by atoms with Crippen molar-refractivity contribution in [3.05, 3.63) is 63.2 Å². The first kappa shape index (κ1) is 16.8. The van der Waals surface area contributed by atoms with Gasteiger partial charge < -0.3 is 0 Å². The normalized spacial score (nSPS) is 10.1. The van der Waals surface area contributed by atoms with Crippen LogP contribution in [0.4, 0.5) is 4.79 Å². The maximum absolute atomic E-state index is 12.1. The molecule has 22 heavy (non-hydrogen) atoms. The molecule has 0 fully saturated rings. The van der Waals surface area contributed by atoms with Gasteiger partial charge in [0, 0.05) is 21.1 Å². The minimum Gasteiger partial charge on any atom is -0.273 e. The number of hydrogen-bond acceptors (Lipinski definition) is 3. The summed E-state index contributed by atoms with van der Waals surface area (Å²) in [5.74, 6) is -0.400. The van der Waals surface area contributed by atoms with E-state index < -0.39 is 11.9 Å². The van der Waals surface area contributed by atoms with E-state index >= 15 is 0 Å². The first-order valence-corrected chi connectivity index (χ1v) is 8.41. The van der Waals surface area contributed by atoms with Gasteiger partial charge in [-0.3, -0.25) is 14.4 Å². The Morgan fingerprint density at radius 3 is 2.45 bits per heavy atom. The third-order valence-corrected chi connectivity index (χ3v) is 5.01. The standard InChI is InChI=1S/C16H15IN2O2S/c1-11-8-9-12(10-14(11)17)15(20)18-16(21)19(2)22-13-6-4-3-5-7-13/h3-10H,1-2H3,(H,18,20,21). The molecule has 0 saturated heterocycles. The van der Waals surface area contributed by atoms with Crippen LogP contribution in [0.5, 0.6) is 0 Å². The first-order valence-electron chi connectivity index (χ1n) is 6.55. The Balaban J connectivity index is 1.98. The van der Waals surface area contributed by atoms with Crippen molar-refractivity contribution >= 4 is 46.5 Å². The van der Waals surface area contributed by atoms with Gasteiger partial charge in [0.25, 0.3) is 5.91 Å². The number of carbonyl (C=O) groups is 2. The lowest BCUT2D eigenvalue weighted by molar-refractivity contribution is 0.0961. The van der Waals surface area contributed by atoms with Gasteiger partial charge >= 0.3 is 6.03 Å². The SMILES string of the molecule is Cc1ccc(C(=O)NC(=O)N(C)Sc2ccccc2)cc1I. The number of halogens is 1. The van der Waals surface area contributed by atoms with Crippen LogP contribution in [-0.4, -0.2) is 23.3 Å². The van der Waals surface area contributed by atoms with Gasteiger partial charge in [-0.05, 0) is 71.3 Å². The third kappa shape index (κ3) is 4.48. The molecule has 0 unspecified atom stereocenters. The summed E-state index contributed by atoms with van der Waals surface area (Å²) < 4.78 is 2.39. The zero-order valence-corrected chi connectivity index (χ0v) is 15.1. The second kappa shape index (κ2) is 7.64. The Morgan fingerprint density at radius 2 is 1.82 bits per heavy atom. The van der Waals surface area contributed by atoms with E-state index in [1.165, 1.54) is 16.3 Å². The maximum atomic E-state index is 12.1. The van der Waals surface area contributed by atoms with E-state index in [1.807, 2.05) is 43.3 Å². The van der Waals surface area contributed by atoms with Crippen LogP contribution in [0.2, 0.25) is 0 Å². The molecule has 114 valence electrons. The molecule has 0 radical (unpaired) electrons. The van der Waals surface area contributed by atoms with Gasteiger partial charge in [-0.25, -0.2) is 4.79 Å². The molecule has 2 aromatic rings. The van der Waals surface area contributed by atoms with Crippen molar-refractivity contribution in [3.8, 4) is 0 Å². The summed E-state index contributed by atoms with van der Waals surface area (Å²) in [6.45, 7) is 1.97. The molecular formula is C16H15IN2O2S. The number of nitrogens with zero attached hydrogens (tertiary/aromatic N) is 1. The van der Waals surface area contributed by atoms with Crippen molar-refractivity contribution in [2.75, 3.05) is 7.05 Å². The van der Waals surface area contributed by atoms with Crippen LogP contribution in [0.1, 0.15) is 15.9 Å². The van der Waals surface area contributed by atoms with Crippen molar-refractivity contribution < 1.29 is 9.59 Å². The zero-order valence-electron chi connectivity index (χ0n) is 12.2. The predicted molar refractivity (Wildman–Crippen MR) is 96.8 cm³/mol. The Bertz CT molecular complexity index is 692. The van der Waals surface area contributed by atoms with E-state index in [1.54, 1.807) is 19.2 Å². The van der Waals surface area contributed by atoms with Gasteiger partial charge in [0.05, 0.1) is 0 Å². The lowest BCUT2D eigenvalue weighted by Crippen LogP contribution is -2.37. The largest absolute Gasteiger partial charge is 0.334 e. The van der Waals surface area contributed by atoms with Gasteiger partial charge in [-0.15, -0.1) is 0 Å². The molecular weight excluding hydrogens is 411 g/mol. The fourth-order valence-corrected chi connectivity index (χ4v) is 2.90. The molecule has 4 nitrogen and oxygen atoms in total. The van der Waals surface area contributed by atoms with Crippen molar-refractivity contribution in [3.63, 3.8) is 0 Å². The fourth-order valence-electron chi connectivity index (χ4n) is 1.66. The number of urea groups is 1. The zero-order chi connectivity index (χ0) is 16.1. The molecule has 2 rings (SSSR count). The van der Waals surface area contributed by atoms with E-state index in [2.05, 4.69) is 27.9 Å². The third-order valence-electron chi connectivity index (χ3n) is 2.93. The molecule has 6 heteroatoms. The second-order valence-electron chi connectivity index (χ2n) is 4.63. The van der Waals surface area contributed by atoms with Crippen LogP contribution in [-0.2, 0) is 0 Å². The lowest BCUT2D eigenvalue weighted by atomic mass is 10.1. The molecule has 3 amide bonds. The number of aryl methyl sites for hydroxylation is 1. The van der Waals surface area contributed by atoms with Gasteiger partial charge in [0.1, 0.15) is 0 Å². The quantitative estimate of drug-likeness (QED) is 0.594. The second-order valence-corrected chi connectivity index (χ2v) is 6.99. The number of amides is 3. The van der Waals surface area contributed by atoms with Crippen LogP contribution in [0, 0.1) is 10.5 Å². The summed E-state index contributed by atoms with van der Waals surface area (Å²) in [5.41, 5.74) is 1.57. The van der Waals surface area contributed by atoms with E-state index in [0.29, 0.717) is 5.56 Å². The molecule has 0 aromatic heterocycles. The van der Waals surface area contributed by atoms with Gasteiger partial charge in [-0.2, -0.15) is 0 Å². The number of hydrogen-bond donors (Lipinski definition) is 1. The van der Waals surface area contributed by atoms with E-state index in [-0.39, 0.29) is 0 Å². The molecule has 2 aromatic carbocycles. The average Bonchev–Trinajstić information content (AvgIpc) is 2.50. The van der Waals surface area contributed by atoms with Crippen LogP contribution in [0.25, 0.3) is 0 Å². The van der Waals surface area contributed by atoms with Gasteiger partial charge in [-0.1, -0.05) is 24.3 Å². The number of benzene rings is 2. The molecule has 0 aliphatic rings. The average molecular weight is 426 g/mol. The minimum atomic E-state index is -0.450. The summed E-state index contributed by atoms with van der Waals surface area (Å²) in [6.07, 6.45) is 0. The number of imide groups is 1. The number of carbonyl (C=O) groups excluding carboxylic acids is 2. The highest BCUT2D eigenvalue weighted by molar-refractivity contribution is 14.1. The fraction of sp³-hybridized carbons (Fsp3) is 0.125. The highest BCUT2D eigenvalue weighted by Crippen LogP contribution is 2.20. The summed E-state index contributed by atoms with van der Waals surface area (Å²) in [6, 6.07) is 14.4. The Labute approximate surface area is 147 Å². The van der Waals surface area contributed by atoms with Crippen molar-refractivity contribution in [2.45, 2.75) is 11.8 Å². The van der Waals surface area contributed by atoms with Crippen LogP contribution >= 0.6 is 34.5 Å². The molecule has 0 atom stereocenters. The Morgan fingerprint density at radius 1 is 1.14 bits per heavy atom. The smallest absolute Gasteiger partial charge is 0.273 e. The first-order chi connectivity index (χ1) is 10.5. The molecule has 0 saturated carbocycles. The lowest BCUT2D eigenvalue weighted by Gasteiger charge is -2.16. The summed E-state index contributed by atoms with van der Waals surface area (Å²) in [7, 11) is 1.62. The summed E-state index contributed by atoms with van der Waals surface area (Å²) in [4.78, 5) is 25.1. The highest BCUT2D eigenvalue weighted by atomic mass is 127. The monoisotopic (exact) mass is 426 g/mol. The van der Waals surface area contributed by atoms with Crippen LogP contribution in [0.15, 0.2) is 53.4 Å². The molecule has 0 aliphatic heterocycles. The molecule has 1 N–H and O–H groups in total. The maximum Gasteiger partial charge on any atom is 0.334 e.